The van der Waals surface area contributed by atoms with Gasteiger partial charge in [0.2, 0.25) is 0 Å². The van der Waals surface area contributed by atoms with Crippen molar-refractivity contribution in [1.82, 2.24) is 0 Å². The zero-order valence-electron chi connectivity index (χ0n) is 10.5. The van der Waals surface area contributed by atoms with Gasteiger partial charge in [-0.25, -0.2) is 8.42 Å². The van der Waals surface area contributed by atoms with Crippen molar-refractivity contribution in [2.75, 3.05) is 6.61 Å². The minimum Gasteiger partial charge on any atom is -0.492 e. The normalized spacial score (nSPS) is 12.5. The number of rotatable bonds is 4. The number of hydrogen-bond donors (Lipinski definition) is 0. The highest BCUT2D eigenvalue weighted by Gasteiger charge is 2.18. The third-order valence-electron chi connectivity index (χ3n) is 2.28. The topological polar surface area (TPSA) is 43.4 Å². The molecule has 3 nitrogen and oxygen atoms in total. The van der Waals surface area contributed by atoms with Crippen LogP contribution in [-0.4, -0.2) is 15.0 Å². The first-order valence-electron chi connectivity index (χ1n) is 5.47. The van der Waals surface area contributed by atoms with E-state index in [4.69, 9.17) is 15.4 Å². The van der Waals surface area contributed by atoms with E-state index < -0.39 is 9.05 Å². The standard InChI is InChI=1S/C12H16BrClO3S/c1-12(2,3)6-7-17-10-5-4-9(13)8-11(10)18(14,15)16/h4-5,8H,6-7H2,1-3H3. The summed E-state index contributed by atoms with van der Waals surface area (Å²) in [6.07, 6.45) is 0.824. The van der Waals surface area contributed by atoms with Crippen LogP contribution in [0.4, 0.5) is 0 Å². The molecule has 0 radical (unpaired) electrons. The Morgan fingerprint density at radius 1 is 1.33 bits per heavy atom. The molecule has 0 spiro atoms. The zero-order valence-corrected chi connectivity index (χ0v) is 13.7. The fourth-order valence-corrected chi connectivity index (χ4v) is 2.77. The summed E-state index contributed by atoms with van der Waals surface area (Å²) in [5, 5.41) is 0. The minimum atomic E-state index is -3.80. The van der Waals surface area contributed by atoms with Crippen molar-refractivity contribution >= 4 is 35.7 Å². The van der Waals surface area contributed by atoms with E-state index in [2.05, 4.69) is 36.7 Å². The highest BCUT2D eigenvalue weighted by Crippen LogP contribution is 2.30. The summed E-state index contributed by atoms with van der Waals surface area (Å²) in [4.78, 5) is -0.00699. The fraction of sp³-hybridized carbons (Fsp3) is 0.500. The number of ether oxygens (including phenoxy) is 1. The van der Waals surface area contributed by atoms with E-state index >= 15 is 0 Å². The molecule has 0 aliphatic heterocycles. The quantitative estimate of drug-likeness (QED) is 0.761. The Morgan fingerprint density at radius 2 is 1.94 bits per heavy atom. The first-order chi connectivity index (χ1) is 8.09. The first kappa shape index (κ1) is 15.8. The Kier molecular flexibility index (Phi) is 5.09. The molecule has 0 aliphatic carbocycles. The second-order valence-corrected chi connectivity index (χ2v) is 8.64. The second-order valence-electron chi connectivity index (χ2n) is 5.19. The number of hydrogen-bond acceptors (Lipinski definition) is 3. The van der Waals surface area contributed by atoms with Crippen LogP contribution in [0.1, 0.15) is 27.2 Å². The van der Waals surface area contributed by atoms with Gasteiger partial charge in [-0.2, -0.15) is 0 Å². The number of benzene rings is 1. The third-order valence-corrected chi connectivity index (χ3v) is 4.11. The largest absolute Gasteiger partial charge is 0.492 e. The van der Waals surface area contributed by atoms with Gasteiger partial charge in [0.05, 0.1) is 6.61 Å². The van der Waals surface area contributed by atoms with Crippen LogP contribution in [0.2, 0.25) is 0 Å². The molecule has 0 fully saturated rings. The average molecular weight is 356 g/mol. The van der Waals surface area contributed by atoms with E-state index in [-0.39, 0.29) is 16.1 Å². The molecule has 0 heterocycles. The lowest BCUT2D eigenvalue weighted by molar-refractivity contribution is 0.239. The van der Waals surface area contributed by atoms with Gasteiger partial charge in [0.15, 0.2) is 0 Å². The predicted octanol–water partition coefficient (Wildman–Crippen LogP) is 4.19. The van der Waals surface area contributed by atoms with E-state index in [0.717, 1.165) is 6.42 Å². The van der Waals surface area contributed by atoms with E-state index in [1.165, 1.54) is 6.07 Å². The maximum atomic E-state index is 11.4. The molecule has 0 bridgehead atoms. The maximum Gasteiger partial charge on any atom is 0.265 e. The van der Waals surface area contributed by atoms with Gasteiger partial charge in [0.25, 0.3) is 9.05 Å². The monoisotopic (exact) mass is 354 g/mol. The number of halogens is 2. The van der Waals surface area contributed by atoms with Crippen LogP contribution in [0.25, 0.3) is 0 Å². The van der Waals surface area contributed by atoms with Gasteiger partial charge in [-0.05, 0) is 30.0 Å². The lowest BCUT2D eigenvalue weighted by Crippen LogP contribution is -2.12. The summed E-state index contributed by atoms with van der Waals surface area (Å²) >= 11 is 3.21. The molecule has 6 heteroatoms. The first-order valence-corrected chi connectivity index (χ1v) is 8.57. The van der Waals surface area contributed by atoms with Crippen molar-refractivity contribution in [1.29, 1.82) is 0 Å². The van der Waals surface area contributed by atoms with Crippen molar-refractivity contribution in [3.8, 4) is 5.75 Å². The van der Waals surface area contributed by atoms with Crippen LogP contribution < -0.4 is 4.74 Å². The summed E-state index contributed by atoms with van der Waals surface area (Å²) in [6, 6.07) is 4.76. The Labute approximate surface area is 121 Å². The highest BCUT2D eigenvalue weighted by atomic mass is 79.9. The summed E-state index contributed by atoms with van der Waals surface area (Å²) < 4.78 is 29.0. The average Bonchev–Trinajstić information content (AvgIpc) is 2.17. The highest BCUT2D eigenvalue weighted by molar-refractivity contribution is 9.10. The molecule has 1 aromatic carbocycles. The molecule has 1 aromatic rings. The van der Waals surface area contributed by atoms with Crippen molar-refractivity contribution in [3.63, 3.8) is 0 Å². The minimum absolute atomic E-state index is 0.00699. The summed E-state index contributed by atoms with van der Waals surface area (Å²) in [6.45, 7) is 6.73. The molecule has 0 saturated heterocycles. The molecule has 0 aromatic heterocycles. The van der Waals surface area contributed by atoms with E-state index in [1.54, 1.807) is 12.1 Å². The van der Waals surface area contributed by atoms with Crippen LogP contribution in [0, 0.1) is 5.41 Å². The lowest BCUT2D eigenvalue weighted by Gasteiger charge is -2.18. The van der Waals surface area contributed by atoms with E-state index in [9.17, 15) is 8.42 Å². The van der Waals surface area contributed by atoms with Gasteiger partial charge in [-0.1, -0.05) is 36.7 Å². The Balaban J connectivity index is 2.90. The van der Waals surface area contributed by atoms with E-state index in [1.807, 2.05) is 0 Å². The predicted molar refractivity (Wildman–Crippen MR) is 76.7 cm³/mol. The van der Waals surface area contributed by atoms with E-state index in [0.29, 0.717) is 11.1 Å². The Bertz CT molecular complexity index is 521. The van der Waals surface area contributed by atoms with Crippen molar-refractivity contribution in [3.05, 3.63) is 22.7 Å². The summed E-state index contributed by atoms with van der Waals surface area (Å²) in [5.74, 6) is 0.289. The molecular weight excluding hydrogens is 340 g/mol. The molecule has 0 saturated carbocycles. The van der Waals surface area contributed by atoms with Crippen LogP contribution in [0.15, 0.2) is 27.6 Å². The molecule has 0 unspecified atom stereocenters. The van der Waals surface area contributed by atoms with Crippen LogP contribution in [-0.2, 0) is 9.05 Å². The molecule has 1 rings (SSSR count). The van der Waals surface area contributed by atoms with Crippen molar-refractivity contribution in [2.45, 2.75) is 32.1 Å². The van der Waals surface area contributed by atoms with Crippen LogP contribution >= 0.6 is 26.6 Å². The van der Waals surface area contributed by atoms with Gasteiger partial charge in [0, 0.05) is 15.2 Å². The SMILES string of the molecule is CC(C)(C)CCOc1ccc(Br)cc1S(=O)(=O)Cl. The zero-order chi connectivity index (χ0) is 14.0. The molecule has 0 atom stereocenters. The fourth-order valence-electron chi connectivity index (χ4n) is 1.26. The maximum absolute atomic E-state index is 11.4. The lowest BCUT2D eigenvalue weighted by atomic mass is 9.93. The summed E-state index contributed by atoms with van der Waals surface area (Å²) in [7, 11) is 1.57. The molecular formula is C12H16BrClO3S. The second kappa shape index (κ2) is 5.80. The van der Waals surface area contributed by atoms with Gasteiger partial charge in [-0.3, -0.25) is 0 Å². The Hall–Kier alpha value is -0.260. The smallest absolute Gasteiger partial charge is 0.265 e. The molecule has 0 N–H and O–H groups in total. The van der Waals surface area contributed by atoms with Gasteiger partial charge in [0.1, 0.15) is 10.6 Å². The molecule has 102 valence electrons. The third kappa shape index (κ3) is 5.16. The van der Waals surface area contributed by atoms with Gasteiger partial charge in [-0.15, -0.1) is 0 Å². The van der Waals surface area contributed by atoms with Crippen molar-refractivity contribution < 1.29 is 13.2 Å². The van der Waals surface area contributed by atoms with Gasteiger partial charge < -0.3 is 4.74 Å². The van der Waals surface area contributed by atoms with Crippen LogP contribution in [0.3, 0.4) is 0 Å². The van der Waals surface area contributed by atoms with Gasteiger partial charge >= 0.3 is 0 Å². The summed E-state index contributed by atoms with van der Waals surface area (Å²) in [5.41, 5.74) is 0.134. The molecule has 18 heavy (non-hydrogen) atoms. The van der Waals surface area contributed by atoms with Crippen LogP contribution in [0.5, 0.6) is 5.75 Å². The molecule has 0 aliphatic rings. The Morgan fingerprint density at radius 3 is 2.44 bits per heavy atom. The van der Waals surface area contributed by atoms with Crippen molar-refractivity contribution in [2.24, 2.45) is 5.41 Å². The molecule has 0 amide bonds.